The summed E-state index contributed by atoms with van der Waals surface area (Å²) in [5, 5.41) is 0. The summed E-state index contributed by atoms with van der Waals surface area (Å²) in [6.45, 7) is 0.470. The topological polar surface area (TPSA) is 92.3 Å². The highest BCUT2D eigenvalue weighted by Gasteiger charge is 2.46. The third kappa shape index (κ3) is 7.67. The van der Waals surface area contributed by atoms with E-state index in [4.69, 9.17) is 0 Å². The number of alkyl halides is 6. The second kappa shape index (κ2) is 7.98. The van der Waals surface area contributed by atoms with Crippen molar-refractivity contribution in [1.29, 1.82) is 0 Å². The van der Waals surface area contributed by atoms with Crippen molar-refractivity contribution in [3.63, 3.8) is 0 Å². The van der Waals surface area contributed by atoms with Crippen LogP contribution in [-0.4, -0.2) is 40.9 Å². The van der Waals surface area contributed by atoms with Gasteiger partial charge in [0.2, 0.25) is 0 Å². The van der Waals surface area contributed by atoms with Gasteiger partial charge in [-0.3, -0.25) is 0 Å². The molecule has 0 rings (SSSR count). The van der Waals surface area contributed by atoms with Gasteiger partial charge in [-0.15, -0.1) is 0 Å². The molecule has 2 N–H and O–H groups in total. The van der Waals surface area contributed by atoms with Crippen LogP contribution in [0.15, 0.2) is 0 Å². The molecule has 0 radical (unpaired) electrons. The van der Waals surface area contributed by atoms with Gasteiger partial charge in [0.05, 0.1) is 0 Å². The molecule has 0 aliphatic carbocycles. The van der Waals surface area contributed by atoms with Gasteiger partial charge in [0.15, 0.2) is 0 Å². The summed E-state index contributed by atoms with van der Waals surface area (Å²) in [4.78, 5) is 0. The highest BCUT2D eigenvalue weighted by atomic mass is 32.2. The Balaban J connectivity index is 4.05. The third-order valence-electron chi connectivity index (χ3n) is 2.65. The summed E-state index contributed by atoms with van der Waals surface area (Å²) in [6, 6.07) is 0. The Kier molecular flexibility index (Phi) is 7.78. The van der Waals surface area contributed by atoms with Gasteiger partial charge in [-0.05, 0) is 18.8 Å². The first-order valence-corrected chi connectivity index (χ1v) is 9.18. The van der Waals surface area contributed by atoms with E-state index in [1.165, 1.54) is 16.4 Å². The van der Waals surface area contributed by atoms with E-state index in [-0.39, 0.29) is 19.3 Å². The van der Waals surface area contributed by atoms with E-state index in [1.807, 2.05) is 0 Å². The molecule has 1 atom stereocenters. The lowest BCUT2D eigenvalue weighted by Crippen LogP contribution is -2.38. The number of rotatable bonds is 9. The van der Waals surface area contributed by atoms with Gasteiger partial charge >= 0.3 is 31.1 Å². The molecule has 0 aromatic heterocycles. The van der Waals surface area contributed by atoms with Crippen molar-refractivity contribution in [3.05, 3.63) is 0 Å². The molecule has 0 saturated carbocycles. The third-order valence-corrected chi connectivity index (χ3v) is 5.00. The summed E-state index contributed by atoms with van der Waals surface area (Å²) in [5.74, 6) is -0.508. The van der Waals surface area contributed by atoms with Crippen LogP contribution in [0.5, 0.6) is 0 Å². The van der Waals surface area contributed by atoms with Crippen LogP contribution in [0.2, 0.25) is 0 Å². The Hall–Kier alpha value is -0.600. The largest absolute Gasteiger partial charge is 0.511 e. The molecule has 0 aromatic carbocycles. The van der Waals surface area contributed by atoms with E-state index in [9.17, 15) is 43.2 Å². The molecule has 0 aliphatic rings. The van der Waals surface area contributed by atoms with Crippen molar-refractivity contribution in [3.8, 4) is 0 Å². The Bertz CT molecular complexity index is 570. The van der Waals surface area contributed by atoms with E-state index in [0.717, 1.165) is 0 Å². The second-order valence-electron chi connectivity index (χ2n) is 4.74. The minimum Gasteiger partial charge on any atom is -0.207 e. The van der Waals surface area contributed by atoms with Crippen molar-refractivity contribution in [2.24, 2.45) is 5.92 Å². The molecule has 0 spiro atoms. The monoisotopic (exact) mass is 394 g/mol. The summed E-state index contributed by atoms with van der Waals surface area (Å²) < 4.78 is 117. The molecule has 0 bridgehead atoms. The van der Waals surface area contributed by atoms with Crippen LogP contribution in [0.1, 0.15) is 26.2 Å². The van der Waals surface area contributed by atoms with Crippen LogP contribution in [0, 0.1) is 5.92 Å². The Morgan fingerprint density at radius 1 is 0.826 bits per heavy atom. The van der Waals surface area contributed by atoms with Crippen molar-refractivity contribution in [2.45, 2.75) is 37.2 Å². The SMILES string of the molecule is CC(CCCCNS(=O)(=O)C(F)(F)F)CNS(=O)(=O)C(F)(F)F. The minimum atomic E-state index is -5.43. The molecular weight excluding hydrogens is 378 g/mol. The first kappa shape index (κ1) is 22.4. The van der Waals surface area contributed by atoms with Crippen molar-refractivity contribution in [1.82, 2.24) is 9.44 Å². The van der Waals surface area contributed by atoms with Crippen molar-refractivity contribution >= 4 is 20.0 Å². The van der Waals surface area contributed by atoms with Crippen LogP contribution in [0.4, 0.5) is 26.3 Å². The van der Waals surface area contributed by atoms with E-state index in [0.29, 0.717) is 0 Å². The summed E-state index contributed by atoms with van der Waals surface area (Å²) in [6.07, 6.45) is 0.426. The Morgan fingerprint density at radius 2 is 1.26 bits per heavy atom. The maximum atomic E-state index is 12.0. The molecular formula is C9H16F6N2O4S2. The highest BCUT2D eigenvalue weighted by molar-refractivity contribution is 7.90. The van der Waals surface area contributed by atoms with Crippen LogP contribution in [0.25, 0.3) is 0 Å². The predicted molar refractivity (Wildman–Crippen MR) is 69.0 cm³/mol. The van der Waals surface area contributed by atoms with Crippen LogP contribution >= 0.6 is 0 Å². The van der Waals surface area contributed by atoms with Gasteiger partial charge in [0.1, 0.15) is 0 Å². The fraction of sp³-hybridized carbons (Fsp3) is 1.00. The molecule has 140 valence electrons. The summed E-state index contributed by atoms with van der Waals surface area (Å²) >= 11 is 0. The molecule has 0 fully saturated rings. The average molecular weight is 394 g/mol. The number of halogens is 6. The lowest BCUT2D eigenvalue weighted by Gasteiger charge is -2.14. The van der Waals surface area contributed by atoms with Gasteiger partial charge < -0.3 is 0 Å². The summed E-state index contributed by atoms with van der Waals surface area (Å²) in [5.41, 5.74) is -10.8. The number of unbranched alkanes of at least 4 members (excludes halogenated alkanes) is 1. The molecule has 14 heteroatoms. The molecule has 1 unspecified atom stereocenters. The van der Waals surface area contributed by atoms with Gasteiger partial charge in [0.25, 0.3) is 0 Å². The Morgan fingerprint density at radius 3 is 1.70 bits per heavy atom. The van der Waals surface area contributed by atoms with Crippen LogP contribution in [0.3, 0.4) is 0 Å². The lowest BCUT2D eigenvalue weighted by atomic mass is 10.0. The fourth-order valence-electron chi connectivity index (χ4n) is 1.34. The average Bonchev–Trinajstić information content (AvgIpc) is 2.33. The number of nitrogens with one attached hydrogen (secondary N) is 2. The quantitative estimate of drug-likeness (QED) is 0.460. The smallest absolute Gasteiger partial charge is 0.207 e. The van der Waals surface area contributed by atoms with Crippen LogP contribution in [-0.2, 0) is 20.0 Å². The number of hydrogen-bond acceptors (Lipinski definition) is 4. The first-order chi connectivity index (χ1) is 10.1. The molecule has 0 aromatic rings. The van der Waals surface area contributed by atoms with Gasteiger partial charge in [-0.2, -0.15) is 26.3 Å². The van der Waals surface area contributed by atoms with Gasteiger partial charge in [-0.25, -0.2) is 26.3 Å². The lowest BCUT2D eigenvalue weighted by molar-refractivity contribution is -0.0454. The van der Waals surface area contributed by atoms with E-state index >= 15 is 0 Å². The van der Waals surface area contributed by atoms with E-state index in [2.05, 4.69) is 0 Å². The van der Waals surface area contributed by atoms with E-state index in [1.54, 1.807) is 0 Å². The minimum absolute atomic E-state index is 0.0195. The zero-order chi connectivity index (χ0) is 18.5. The number of hydrogen-bond donors (Lipinski definition) is 2. The predicted octanol–water partition coefficient (Wildman–Crippen LogP) is 1.67. The normalized spacial score (nSPS) is 15.6. The number of sulfonamides is 2. The molecule has 0 aliphatic heterocycles. The maximum absolute atomic E-state index is 12.0. The van der Waals surface area contributed by atoms with Crippen LogP contribution < -0.4 is 9.44 Å². The zero-order valence-electron chi connectivity index (χ0n) is 11.8. The molecule has 6 nitrogen and oxygen atoms in total. The summed E-state index contributed by atoms with van der Waals surface area (Å²) in [7, 11) is -10.8. The standard InChI is InChI=1S/C9H16F6N2O4S2/c1-7(6-17-23(20,21)9(13,14)15)4-2-3-5-16-22(18,19)8(10,11)12/h7,16-17H,2-6H2,1H3. The first-order valence-electron chi connectivity index (χ1n) is 6.22. The van der Waals surface area contributed by atoms with Gasteiger partial charge in [-0.1, -0.05) is 13.3 Å². The zero-order valence-corrected chi connectivity index (χ0v) is 13.5. The van der Waals surface area contributed by atoms with Crippen molar-refractivity contribution in [2.75, 3.05) is 13.1 Å². The van der Waals surface area contributed by atoms with Gasteiger partial charge in [0, 0.05) is 13.1 Å². The second-order valence-corrected chi connectivity index (χ2v) is 8.26. The maximum Gasteiger partial charge on any atom is 0.511 e. The molecule has 0 saturated heterocycles. The molecule has 0 heterocycles. The molecule has 0 amide bonds. The Labute approximate surface area is 129 Å². The van der Waals surface area contributed by atoms with E-state index < -0.39 is 50.1 Å². The highest BCUT2D eigenvalue weighted by Crippen LogP contribution is 2.22. The van der Waals surface area contributed by atoms with Crippen molar-refractivity contribution < 1.29 is 43.2 Å². The molecule has 23 heavy (non-hydrogen) atoms. The fourth-order valence-corrected chi connectivity index (χ4v) is 2.59.